The van der Waals surface area contributed by atoms with Gasteiger partial charge in [-0.05, 0) is 62.7 Å². The quantitative estimate of drug-likeness (QED) is 0.169. The van der Waals surface area contributed by atoms with Crippen molar-refractivity contribution in [3.8, 4) is 34.4 Å². The molecule has 0 unspecified atom stereocenters. The third kappa shape index (κ3) is 6.24. The summed E-state index contributed by atoms with van der Waals surface area (Å²) >= 11 is 1.24. The van der Waals surface area contributed by atoms with Crippen molar-refractivity contribution in [1.82, 2.24) is 9.97 Å². The highest BCUT2D eigenvalue weighted by Crippen LogP contribution is 2.42. The van der Waals surface area contributed by atoms with Crippen LogP contribution in [0.1, 0.15) is 41.2 Å². The van der Waals surface area contributed by atoms with Crippen molar-refractivity contribution in [2.45, 2.75) is 37.2 Å². The van der Waals surface area contributed by atoms with Crippen LogP contribution in [0.15, 0.2) is 58.0 Å². The molecule has 40 heavy (non-hydrogen) atoms. The maximum Gasteiger partial charge on any atom is 0.335 e. The second-order valence-corrected chi connectivity index (χ2v) is 10.4. The largest absolute Gasteiger partial charge is 0.491 e. The van der Waals surface area contributed by atoms with E-state index >= 15 is 0 Å². The molecule has 0 aliphatic heterocycles. The van der Waals surface area contributed by atoms with Crippen molar-refractivity contribution >= 4 is 29.2 Å². The lowest BCUT2D eigenvalue weighted by Crippen LogP contribution is -2.27. The first-order valence-electron chi connectivity index (χ1n) is 12.0. The number of ether oxygens (including phenoxy) is 1. The van der Waals surface area contributed by atoms with Crippen LogP contribution in [0.2, 0.25) is 0 Å². The molecule has 0 aliphatic carbocycles. The van der Waals surface area contributed by atoms with Crippen molar-refractivity contribution in [2.24, 2.45) is 0 Å². The molecule has 4 N–H and O–H groups in total. The average Bonchev–Trinajstić information content (AvgIpc) is 3.30. The number of thioether (sulfide) groups is 1. The number of carbonyl (C=O) groups is 1. The molecule has 10 nitrogen and oxygen atoms in total. The van der Waals surface area contributed by atoms with Crippen LogP contribution in [0.4, 0.5) is 11.5 Å². The van der Waals surface area contributed by atoms with Gasteiger partial charge < -0.3 is 25.1 Å². The first kappa shape index (κ1) is 28.2. The molecule has 11 heteroatoms. The average molecular weight is 556 g/mol. The molecule has 2 heterocycles. The number of nitrogens with zero attached hydrogens (tertiary/aromatic N) is 4. The summed E-state index contributed by atoms with van der Waals surface area (Å²) in [5.74, 6) is 0.727. The van der Waals surface area contributed by atoms with E-state index in [9.17, 15) is 15.2 Å². The summed E-state index contributed by atoms with van der Waals surface area (Å²) in [6.45, 7) is 12.8. The highest BCUT2D eigenvalue weighted by atomic mass is 32.2. The van der Waals surface area contributed by atoms with E-state index in [2.05, 4.69) is 20.9 Å². The number of rotatable bonds is 9. The number of benzene rings is 2. The van der Waals surface area contributed by atoms with Crippen molar-refractivity contribution in [2.75, 3.05) is 12.3 Å². The summed E-state index contributed by atoms with van der Waals surface area (Å²) in [6.07, 6.45) is 0. The van der Waals surface area contributed by atoms with Crippen LogP contribution in [0.5, 0.6) is 5.75 Å². The van der Waals surface area contributed by atoms with Crippen molar-refractivity contribution < 1.29 is 24.2 Å². The second kappa shape index (κ2) is 11.5. The van der Waals surface area contributed by atoms with Crippen LogP contribution in [0.25, 0.3) is 27.4 Å². The molecule has 202 valence electrons. The third-order valence-corrected chi connectivity index (χ3v) is 6.73. The van der Waals surface area contributed by atoms with Crippen LogP contribution in [0.3, 0.4) is 0 Å². The summed E-state index contributed by atoms with van der Waals surface area (Å²) in [5, 5.41) is 29.4. The molecule has 4 rings (SSSR count). The number of nitrogen functional groups attached to an aromatic ring is 1. The maximum atomic E-state index is 11.1. The topological polar surface area (TPSA) is 160 Å². The van der Waals surface area contributed by atoms with Crippen LogP contribution in [0, 0.1) is 24.8 Å². The number of hydrogen-bond donors (Lipinski definition) is 3. The number of aromatic nitrogens is 2. The van der Waals surface area contributed by atoms with Crippen molar-refractivity contribution in [3.63, 3.8) is 0 Å². The molecule has 0 amide bonds. The number of carboxylic acids is 1. The molecule has 4 aromatic rings. The number of aryl methyl sites for hydroxylation is 1. The van der Waals surface area contributed by atoms with Gasteiger partial charge in [-0.3, -0.25) is 0 Å². The van der Waals surface area contributed by atoms with Gasteiger partial charge in [0, 0.05) is 16.9 Å². The summed E-state index contributed by atoms with van der Waals surface area (Å²) in [5.41, 5.74) is 7.82. The minimum absolute atomic E-state index is 0.00457. The number of anilines is 1. The van der Waals surface area contributed by atoms with Crippen LogP contribution >= 0.6 is 11.8 Å². The molecule has 0 bridgehead atoms. The zero-order valence-corrected chi connectivity index (χ0v) is 22.7. The molecule has 0 saturated heterocycles. The molecular formula is C29H25N5O5S. The summed E-state index contributed by atoms with van der Waals surface area (Å²) in [7, 11) is 0. The van der Waals surface area contributed by atoms with Gasteiger partial charge in [0.2, 0.25) is 11.6 Å². The van der Waals surface area contributed by atoms with E-state index in [0.29, 0.717) is 50.6 Å². The van der Waals surface area contributed by atoms with Gasteiger partial charge in [-0.15, -0.1) is 0 Å². The lowest BCUT2D eigenvalue weighted by Gasteiger charge is -2.18. The molecule has 0 radical (unpaired) electrons. The minimum Gasteiger partial charge on any atom is -0.491 e. The Kier molecular flexibility index (Phi) is 8.10. The lowest BCUT2D eigenvalue weighted by molar-refractivity contribution is 0.0285. The normalized spacial score (nSPS) is 11.1. The first-order chi connectivity index (χ1) is 19.0. The Balaban J connectivity index is 1.62. The van der Waals surface area contributed by atoms with Gasteiger partial charge in [0.05, 0.1) is 29.0 Å². The Labute approximate surface area is 234 Å². The summed E-state index contributed by atoms with van der Waals surface area (Å²) in [4.78, 5) is 23.6. The van der Waals surface area contributed by atoms with E-state index in [-0.39, 0.29) is 29.2 Å². The predicted octanol–water partition coefficient (Wildman–Crippen LogP) is 5.86. The van der Waals surface area contributed by atoms with Gasteiger partial charge in [-0.2, -0.15) is 5.26 Å². The molecule has 0 atom stereocenters. The van der Waals surface area contributed by atoms with Gasteiger partial charge in [0.25, 0.3) is 0 Å². The predicted molar refractivity (Wildman–Crippen MR) is 150 cm³/mol. The third-order valence-electron chi connectivity index (χ3n) is 5.74. The number of nitrogens with two attached hydrogens (primary N) is 1. The van der Waals surface area contributed by atoms with E-state index in [1.807, 2.05) is 0 Å². The van der Waals surface area contributed by atoms with E-state index in [1.165, 1.54) is 23.9 Å². The molecule has 0 fully saturated rings. The van der Waals surface area contributed by atoms with Crippen LogP contribution < -0.4 is 10.5 Å². The standard InChI is InChI=1S/C29H25N5O5S/c1-16-22(33-26(39-16)18-5-7-19(8-6-18)28(35)36)14-40-27-21(13-30)23(24(32-4)25(31)34-27)17-9-11-20(12-10-17)38-15-29(2,3)37/h5-12,37H,14-15H2,1-3H3,(H2,31,34)(H,35,36). The second-order valence-electron chi connectivity index (χ2n) is 9.44. The molecule has 0 spiro atoms. The molecule has 2 aromatic carbocycles. The number of oxazole rings is 1. The number of aromatic carboxylic acids is 1. The minimum atomic E-state index is -1.02. The van der Waals surface area contributed by atoms with E-state index < -0.39 is 11.6 Å². The summed E-state index contributed by atoms with van der Waals surface area (Å²) in [6, 6.07) is 15.2. The smallest absolute Gasteiger partial charge is 0.335 e. The fourth-order valence-electron chi connectivity index (χ4n) is 3.73. The first-order valence-corrected chi connectivity index (χ1v) is 13.0. The highest BCUT2D eigenvalue weighted by molar-refractivity contribution is 7.98. The molecule has 2 aromatic heterocycles. The van der Waals surface area contributed by atoms with Gasteiger partial charge in [0.15, 0.2) is 0 Å². The number of pyridine rings is 1. The fourth-order valence-corrected chi connectivity index (χ4v) is 4.73. The van der Waals surface area contributed by atoms with Crippen molar-refractivity contribution in [3.05, 3.63) is 82.5 Å². The maximum absolute atomic E-state index is 11.1. The number of aliphatic hydroxyl groups is 1. The van der Waals surface area contributed by atoms with Gasteiger partial charge in [0.1, 0.15) is 35.0 Å². The SMILES string of the molecule is [C-]#[N+]c1c(N)nc(SCc2nc(-c3ccc(C(=O)O)cc3)oc2C)c(C#N)c1-c1ccc(OCC(C)(C)O)cc1. The van der Waals surface area contributed by atoms with Gasteiger partial charge in [-0.25, -0.2) is 19.6 Å². The number of nitriles is 1. The molecule has 0 saturated carbocycles. The lowest BCUT2D eigenvalue weighted by atomic mass is 10.00. The Morgan fingerprint density at radius 2 is 1.82 bits per heavy atom. The van der Waals surface area contributed by atoms with Crippen LogP contribution in [-0.2, 0) is 5.75 Å². The van der Waals surface area contributed by atoms with E-state index in [1.54, 1.807) is 57.2 Å². The Morgan fingerprint density at radius 3 is 2.40 bits per heavy atom. The Bertz CT molecular complexity index is 1640. The molecular weight excluding hydrogens is 530 g/mol. The van der Waals surface area contributed by atoms with Gasteiger partial charge >= 0.3 is 5.97 Å². The van der Waals surface area contributed by atoms with Gasteiger partial charge in [-0.1, -0.05) is 23.9 Å². The zero-order valence-electron chi connectivity index (χ0n) is 21.9. The Morgan fingerprint density at radius 1 is 1.18 bits per heavy atom. The number of carboxylic acid groups (broad SMARTS) is 1. The zero-order chi connectivity index (χ0) is 29.0. The highest BCUT2D eigenvalue weighted by Gasteiger charge is 2.22. The Hall–Kier alpha value is -4.84. The van der Waals surface area contributed by atoms with Crippen molar-refractivity contribution in [1.29, 1.82) is 5.26 Å². The van der Waals surface area contributed by atoms with Crippen LogP contribution in [-0.4, -0.2) is 38.4 Å². The molecule has 0 aliphatic rings. The summed E-state index contributed by atoms with van der Waals surface area (Å²) < 4.78 is 11.4. The number of hydrogen-bond acceptors (Lipinski definition) is 9. The van der Waals surface area contributed by atoms with E-state index in [0.717, 1.165) is 0 Å². The fraction of sp³-hybridized carbons (Fsp3) is 0.207. The van der Waals surface area contributed by atoms with E-state index in [4.69, 9.17) is 26.6 Å². The monoisotopic (exact) mass is 555 g/mol.